The van der Waals surface area contributed by atoms with Crippen molar-refractivity contribution in [3.05, 3.63) is 35.9 Å². The number of hydrogen-bond donors (Lipinski definition) is 1. The molecule has 0 aromatic heterocycles. The summed E-state index contributed by atoms with van der Waals surface area (Å²) in [7, 11) is 0. The van der Waals surface area contributed by atoms with Crippen molar-refractivity contribution in [2.75, 3.05) is 6.54 Å². The molecule has 0 aliphatic heterocycles. The quantitative estimate of drug-likeness (QED) is 0.626. The van der Waals surface area contributed by atoms with Gasteiger partial charge in [-0.25, -0.2) is 0 Å². The van der Waals surface area contributed by atoms with Crippen molar-refractivity contribution in [3.8, 4) is 6.07 Å². The van der Waals surface area contributed by atoms with E-state index in [0.717, 1.165) is 5.56 Å². The molecule has 0 aliphatic rings. The maximum Gasteiger partial charge on any atom is 0.315 e. The van der Waals surface area contributed by atoms with Gasteiger partial charge in [0.05, 0.1) is 6.07 Å². The highest BCUT2D eigenvalue weighted by Gasteiger charge is 2.25. The number of nitriles is 1. The largest absolute Gasteiger partial charge is 0.481 e. The Morgan fingerprint density at radius 1 is 1.39 bits per heavy atom. The molecule has 0 spiro atoms. The van der Waals surface area contributed by atoms with Crippen molar-refractivity contribution in [1.82, 2.24) is 4.90 Å². The van der Waals surface area contributed by atoms with Crippen LogP contribution in [0.3, 0.4) is 0 Å². The first-order valence-electron chi connectivity index (χ1n) is 5.48. The molecule has 0 saturated heterocycles. The Bertz CT molecular complexity index is 465. The van der Waals surface area contributed by atoms with Crippen LogP contribution in [0.15, 0.2) is 30.3 Å². The predicted molar refractivity (Wildman–Crippen MR) is 64.3 cm³/mol. The molecule has 1 N–H and O–H groups in total. The molecule has 0 aliphatic carbocycles. The number of carboxylic acids is 1. The Labute approximate surface area is 105 Å². The molecule has 0 heterocycles. The number of carbonyl (C=O) groups excluding carboxylic acids is 1. The van der Waals surface area contributed by atoms with E-state index < -0.39 is 17.8 Å². The summed E-state index contributed by atoms with van der Waals surface area (Å²) in [5.74, 6) is -2.87. The Morgan fingerprint density at radius 3 is 2.50 bits per heavy atom. The van der Waals surface area contributed by atoms with Crippen LogP contribution in [0.2, 0.25) is 0 Å². The zero-order chi connectivity index (χ0) is 13.5. The first kappa shape index (κ1) is 13.7. The Morgan fingerprint density at radius 2 is 2.00 bits per heavy atom. The first-order chi connectivity index (χ1) is 8.56. The first-order valence-corrected chi connectivity index (χ1v) is 5.48. The Kier molecular flexibility index (Phi) is 4.88. The van der Waals surface area contributed by atoms with Crippen LogP contribution in [0, 0.1) is 17.2 Å². The van der Waals surface area contributed by atoms with Crippen molar-refractivity contribution in [2.24, 2.45) is 5.92 Å². The van der Waals surface area contributed by atoms with E-state index >= 15 is 0 Å². The lowest BCUT2D eigenvalue weighted by atomic mass is 10.1. The molecule has 5 heteroatoms. The van der Waals surface area contributed by atoms with Gasteiger partial charge in [0.2, 0.25) is 5.91 Å². The monoisotopic (exact) mass is 246 g/mol. The molecule has 0 bridgehead atoms. The van der Waals surface area contributed by atoms with Gasteiger partial charge in [-0.15, -0.1) is 0 Å². The third kappa shape index (κ3) is 3.59. The summed E-state index contributed by atoms with van der Waals surface area (Å²) in [4.78, 5) is 23.9. The maximum atomic E-state index is 11.9. The van der Waals surface area contributed by atoms with Crippen LogP contribution in [0.5, 0.6) is 0 Å². The number of nitrogens with zero attached hydrogens (tertiary/aromatic N) is 2. The highest BCUT2D eigenvalue weighted by Crippen LogP contribution is 2.09. The van der Waals surface area contributed by atoms with E-state index in [-0.39, 0.29) is 13.1 Å². The van der Waals surface area contributed by atoms with Gasteiger partial charge in [0.1, 0.15) is 12.5 Å². The van der Waals surface area contributed by atoms with Crippen LogP contribution in [0.4, 0.5) is 0 Å². The second-order valence-corrected chi connectivity index (χ2v) is 3.90. The van der Waals surface area contributed by atoms with E-state index in [1.54, 1.807) is 0 Å². The van der Waals surface area contributed by atoms with E-state index in [1.807, 2.05) is 36.4 Å². The van der Waals surface area contributed by atoms with Gasteiger partial charge in [0, 0.05) is 6.54 Å². The van der Waals surface area contributed by atoms with Gasteiger partial charge in [-0.3, -0.25) is 9.59 Å². The van der Waals surface area contributed by atoms with Crippen LogP contribution in [0.25, 0.3) is 0 Å². The molecule has 0 fully saturated rings. The van der Waals surface area contributed by atoms with E-state index in [2.05, 4.69) is 0 Å². The van der Waals surface area contributed by atoms with Crippen LogP contribution in [0.1, 0.15) is 12.5 Å². The zero-order valence-electron chi connectivity index (χ0n) is 10.0. The summed E-state index contributed by atoms with van der Waals surface area (Å²) in [5, 5.41) is 17.5. The number of carboxylic acid groups (broad SMARTS) is 1. The standard InChI is InChI=1S/C13H14N2O3/c1-10(13(17)18)12(16)15(8-7-14)9-11-5-3-2-4-6-11/h2-6,10H,8-9H2,1H3,(H,17,18). The SMILES string of the molecule is CC(C(=O)O)C(=O)N(CC#N)Cc1ccccc1. The molecule has 1 aromatic carbocycles. The molecule has 1 unspecified atom stereocenters. The molecule has 0 radical (unpaired) electrons. The molecule has 1 aromatic rings. The third-order valence-electron chi connectivity index (χ3n) is 2.53. The Balaban J connectivity index is 2.81. The minimum absolute atomic E-state index is 0.120. The third-order valence-corrected chi connectivity index (χ3v) is 2.53. The summed E-state index contributed by atoms with van der Waals surface area (Å²) in [6, 6.07) is 11.0. The van der Waals surface area contributed by atoms with E-state index in [0.29, 0.717) is 0 Å². The van der Waals surface area contributed by atoms with Crippen molar-refractivity contribution < 1.29 is 14.7 Å². The smallest absolute Gasteiger partial charge is 0.315 e. The van der Waals surface area contributed by atoms with Crippen molar-refractivity contribution in [3.63, 3.8) is 0 Å². The maximum absolute atomic E-state index is 11.9. The zero-order valence-corrected chi connectivity index (χ0v) is 10.0. The lowest BCUT2D eigenvalue weighted by Gasteiger charge is -2.21. The van der Waals surface area contributed by atoms with Gasteiger partial charge in [0.25, 0.3) is 0 Å². The Hall–Kier alpha value is -2.35. The summed E-state index contributed by atoms with van der Waals surface area (Å²) >= 11 is 0. The molecular formula is C13H14N2O3. The molecule has 0 saturated carbocycles. The normalized spacial score (nSPS) is 11.3. The molecule has 1 amide bonds. The highest BCUT2D eigenvalue weighted by atomic mass is 16.4. The van der Waals surface area contributed by atoms with E-state index in [1.165, 1.54) is 11.8 Å². The van der Waals surface area contributed by atoms with Crippen LogP contribution in [-0.4, -0.2) is 28.4 Å². The van der Waals surface area contributed by atoms with Gasteiger partial charge in [0.15, 0.2) is 0 Å². The number of hydrogen-bond acceptors (Lipinski definition) is 3. The van der Waals surface area contributed by atoms with Crippen LogP contribution in [-0.2, 0) is 16.1 Å². The molecular weight excluding hydrogens is 232 g/mol. The van der Waals surface area contributed by atoms with Gasteiger partial charge in [-0.1, -0.05) is 30.3 Å². The summed E-state index contributed by atoms with van der Waals surface area (Å²) in [6.07, 6.45) is 0. The fourth-order valence-corrected chi connectivity index (χ4v) is 1.48. The molecule has 1 atom stereocenters. The number of amides is 1. The number of aliphatic carboxylic acids is 1. The number of rotatable bonds is 5. The van der Waals surface area contributed by atoms with Gasteiger partial charge < -0.3 is 10.0 Å². The lowest BCUT2D eigenvalue weighted by Crippen LogP contribution is -2.38. The molecule has 5 nitrogen and oxygen atoms in total. The lowest BCUT2D eigenvalue weighted by molar-refractivity contribution is -0.150. The van der Waals surface area contributed by atoms with Crippen molar-refractivity contribution in [1.29, 1.82) is 5.26 Å². The minimum atomic E-state index is -1.18. The number of carbonyl (C=O) groups is 2. The highest BCUT2D eigenvalue weighted by molar-refractivity contribution is 5.96. The van der Waals surface area contributed by atoms with Gasteiger partial charge in [-0.05, 0) is 12.5 Å². The minimum Gasteiger partial charge on any atom is -0.481 e. The van der Waals surface area contributed by atoms with E-state index in [4.69, 9.17) is 10.4 Å². The topological polar surface area (TPSA) is 81.4 Å². The predicted octanol–water partition coefficient (Wildman–Crippen LogP) is 1.26. The molecule has 1 rings (SSSR count). The average molecular weight is 246 g/mol. The fraction of sp³-hybridized carbons (Fsp3) is 0.308. The fourth-order valence-electron chi connectivity index (χ4n) is 1.48. The average Bonchev–Trinajstić information content (AvgIpc) is 2.37. The van der Waals surface area contributed by atoms with Crippen LogP contribution < -0.4 is 0 Å². The number of benzene rings is 1. The summed E-state index contributed by atoms with van der Waals surface area (Å²) < 4.78 is 0. The van der Waals surface area contributed by atoms with E-state index in [9.17, 15) is 9.59 Å². The van der Waals surface area contributed by atoms with Crippen LogP contribution >= 0.6 is 0 Å². The molecule has 18 heavy (non-hydrogen) atoms. The van der Waals surface area contributed by atoms with Crippen molar-refractivity contribution in [2.45, 2.75) is 13.5 Å². The molecule has 94 valence electrons. The summed E-state index contributed by atoms with van der Waals surface area (Å²) in [5.41, 5.74) is 0.860. The van der Waals surface area contributed by atoms with Gasteiger partial charge in [-0.2, -0.15) is 5.26 Å². The second-order valence-electron chi connectivity index (χ2n) is 3.90. The van der Waals surface area contributed by atoms with Gasteiger partial charge >= 0.3 is 5.97 Å². The summed E-state index contributed by atoms with van der Waals surface area (Å²) in [6.45, 7) is 1.44. The van der Waals surface area contributed by atoms with Crippen molar-refractivity contribution >= 4 is 11.9 Å². The second kappa shape index (κ2) is 6.40.